The highest BCUT2D eigenvalue weighted by atomic mass is 32.2. The van der Waals surface area contributed by atoms with Crippen molar-refractivity contribution in [2.45, 2.75) is 62.8 Å². The Labute approximate surface area is 132 Å². The molecule has 21 heavy (non-hydrogen) atoms. The number of alkyl halides is 1. The number of hydrogen-bond donors (Lipinski definition) is 0. The second kappa shape index (κ2) is 8.63. The molecule has 0 spiro atoms. The average molecular weight is 307 g/mol. The quantitative estimate of drug-likeness (QED) is 0.381. The van der Waals surface area contributed by atoms with Gasteiger partial charge in [0.05, 0.1) is 5.25 Å². The van der Waals surface area contributed by atoms with Gasteiger partial charge in [0.2, 0.25) is 0 Å². The van der Waals surface area contributed by atoms with Crippen LogP contribution in [0.2, 0.25) is 0 Å². The molecule has 0 heterocycles. The van der Waals surface area contributed by atoms with Gasteiger partial charge in [0.1, 0.15) is 11.6 Å². The van der Waals surface area contributed by atoms with Crippen LogP contribution in [-0.4, -0.2) is 11.4 Å². The number of halogens is 1. The number of nitrogens with zero attached hydrogens (tertiary/aromatic N) is 1. The van der Waals surface area contributed by atoms with Gasteiger partial charge in [0, 0.05) is 0 Å². The largest absolute Gasteiger partial charge is 0.246 e. The molecule has 0 N–H and O–H groups in total. The molecular formula is C18H26FNS. The Bertz CT molecular complexity index is 401. The number of rotatable bonds is 4. The highest BCUT2D eigenvalue weighted by Crippen LogP contribution is 2.35. The van der Waals surface area contributed by atoms with Gasteiger partial charge in [-0.05, 0) is 74.5 Å². The van der Waals surface area contributed by atoms with E-state index in [2.05, 4.69) is 24.8 Å². The lowest BCUT2D eigenvalue weighted by molar-refractivity contribution is 0.229. The van der Waals surface area contributed by atoms with E-state index >= 15 is 0 Å². The summed E-state index contributed by atoms with van der Waals surface area (Å²) < 4.78 is 14.0. The van der Waals surface area contributed by atoms with Gasteiger partial charge in [-0.25, -0.2) is 4.39 Å². The minimum atomic E-state index is -0.822. The first-order chi connectivity index (χ1) is 10.2. The van der Waals surface area contributed by atoms with E-state index in [0.29, 0.717) is 24.2 Å². The van der Waals surface area contributed by atoms with Gasteiger partial charge in [-0.1, -0.05) is 24.6 Å². The van der Waals surface area contributed by atoms with E-state index in [1.54, 1.807) is 0 Å². The fourth-order valence-electron chi connectivity index (χ4n) is 3.59. The smallest absolute Gasteiger partial charge is 0.133 e. The summed E-state index contributed by atoms with van der Waals surface area (Å²) in [6.45, 7) is 3.92. The van der Waals surface area contributed by atoms with Crippen molar-refractivity contribution in [3.8, 4) is 5.40 Å². The summed E-state index contributed by atoms with van der Waals surface area (Å²) in [6.07, 6.45) is 14.7. The second-order valence-electron chi connectivity index (χ2n) is 6.49. The van der Waals surface area contributed by atoms with Crippen LogP contribution in [0.15, 0.2) is 24.8 Å². The molecule has 0 amide bonds. The van der Waals surface area contributed by atoms with Crippen LogP contribution in [0, 0.1) is 28.4 Å². The molecule has 2 aliphatic carbocycles. The summed E-state index contributed by atoms with van der Waals surface area (Å²) in [6, 6.07) is 0. The number of nitriles is 1. The van der Waals surface area contributed by atoms with E-state index < -0.39 is 6.17 Å². The second-order valence-corrected chi connectivity index (χ2v) is 7.51. The molecule has 5 unspecified atom stereocenters. The molecule has 2 saturated carbocycles. The fourth-order valence-corrected chi connectivity index (χ4v) is 4.24. The zero-order chi connectivity index (χ0) is 15.1. The van der Waals surface area contributed by atoms with Crippen molar-refractivity contribution in [1.29, 1.82) is 5.26 Å². The van der Waals surface area contributed by atoms with E-state index in [0.717, 1.165) is 24.6 Å². The van der Waals surface area contributed by atoms with Gasteiger partial charge < -0.3 is 0 Å². The first-order valence-corrected chi connectivity index (χ1v) is 9.10. The lowest BCUT2D eigenvalue weighted by atomic mass is 9.86. The first kappa shape index (κ1) is 16.6. The van der Waals surface area contributed by atoms with Gasteiger partial charge in [-0.15, -0.1) is 6.58 Å². The summed E-state index contributed by atoms with van der Waals surface area (Å²) >= 11 is 1.11. The topological polar surface area (TPSA) is 23.8 Å². The van der Waals surface area contributed by atoms with Crippen molar-refractivity contribution in [3.05, 3.63) is 24.8 Å². The Kier molecular flexibility index (Phi) is 6.83. The summed E-state index contributed by atoms with van der Waals surface area (Å²) in [4.78, 5) is 0. The Morgan fingerprint density at radius 2 is 1.67 bits per heavy atom. The molecular weight excluding hydrogens is 281 g/mol. The molecule has 1 nitrogen and oxygen atoms in total. The number of allylic oxidation sites excluding steroid dienone is 3. The molecule has 116 valence electrons. The van der Waals surface area contributed by atoms with Gasteiger partial charge in [-0.3, -0.25) is 0 Å². The SMILES string of the molecule is C=CC1CCCC(C=CC2CCC(SC#N)C(F)C2)CC1. The summed E-state index contributed by atoms with van der Waals surface area (Å²) in [5.41, 5.74) is 0. The molecule has 0 aliphatic heterocycles. The number of hydrogen-bond acceptors (Lipinski definition) is 2. The fraction of sp³-hybridized carbons (Fsp3) is 0.722. The Morgan fingerprint density at radius 1 is 1.00 bits per heavy atom. The van der Waals surface area contributed by atoms with E-state index in [1.807, 2.05) is 5.40 Å². The Hall–Kier alpha value is -0.750. The Morgan fingerprint density at radius 3 is 2.38 bits per heavy atom. The van der Waals surface area contributed by atoms with Crippen molar-refractivity contribution < 1.29 is 4.39 Å². The average Bonchev–Trinajstić information content (AvgIpc) is 2.73. The lowest BCUT2D eigenvalue weighted by Crippen LogP contribution is -2.27. The van der Waals surface area contributed by atoms with Crippen LogP contribution < -0.4 is 0 Å². The van der Waals surface area contributed by atoms with Crippen LogP contribution >= 0.6 is 11.8 Å². The molecule has 2 rings (SSSR count). The molecule has 3 heteroatoms. The standard InChI is InChI=1S/C18H26FNS/c1-2-14-4-3-5-15(7-6-14)8-9-16-10-11-18(21-13-20)17(19)12-16/h2,8-9,14-18H,1,3-7,10-12H2. The van der Waals surface area contributed by atoms with Gasteiger partial charge in [-0.2, -0.15) is 5.26 Å². The third-order valence-corrected chi connectivity index (χ3v) is 5.94. The van der Waals surface area contributed by atoms with Crippen molar-refractivity contribution in [2.24, 2.45) is 17.8 Å². The molecule has 0 aromatic rings. The van der Waals surface area contributed by atoms with E-state index in [4.69, 9.17) is 5.26 Å². The van der Waals surface area contributed by atoms with Crippen LogP contribution in [0.3, 0.4) is 0 Å². The van der Waals surface area contributed by atoms with Gasteiger partial charge in [0.25, 0.3) is 0 Å². The van der Waals surface area contributed by atoms with Crippen molar-refractivity contribution in [2.75, 3.05) is 0 Å². The molecule has 0 aromatic carbocycles. The first-order valence-electron chi connectivity index (χ1n) is 8.22. The molecule has 5 atom stereocenters. The predicted octanol–water partition coefficient (Wildman–Crippen LogP) is 5.65. The maximum atomic E-state index is 14.0. The summed E-state index contributed by atoms with van der Waals surface area (Å²) in [7, 11) is 0. The summed E-state index contributed by atoms with van der Waals surface area (Å²) in [5.74, 6) is 1.73. The number of thiocyanates is 1. The van der Waals surface area contributed by atoms with Crippen molar-refractivity contribution >= 4 is 11.8 Å². The van der Waals surface area contributed by atoms with E-state index in [-0.39, 0.29) is 5.25 Å². The van der Waals surface area contributed by atoms with Crippen LogP contribution in [0.5, 0.6) is 0 Å². The van der Waals surface area contributed by atoms with Crippen LogP contribution in [0.25, 0.3) is 0 Å². The van der Waals surface area contributed by atoms with Gasteiger partial charge >= 0.3 is 0 Å². The normalized spacial score (nSPS) is 37.8. The molecule has 0 bridgehead atoms. The molecule has 0 aromatic heterocycles. The van der Waals surface area contributed by atoms with Crippen LogP contribution in [-0.2, 0) is 0 Å². The molecule has 2 aliphatic rings. The highest BCUT2D eigenvalue weighted by Gasteiger charge is 2.30. The van der Waals surface area contributed by atoms with Crippen LogP contribution in [0.1, 0.15) is 51.4 Å². The third-order valence-electron chi connectivity index (χ3n) is 5.00. The van der Waals surface area contributed by atoms with Crippen molar-refractivity contribution in [3.63, 3.8) is 0 Å². The zero-order valence-electron chi connectivity index (χ0n) is 12.7. The maximum absolute atomic E-state index is 14.0. The van der Waals surface area contributed by atoms with E-state index in [9.17, 15) is 4.39 Å². The van der Waals surface area contributed by atoms with Gasteiger partial charge in [0.15, 0.2) is 0 Å². The predicted molar refractivity (Wildman–Crippen MR) is 88.6 cm³/mol. The molecule has 0 radical (unpaired) electrons. The minimum Gasteiger partial charge on any atom is -0.246 e. The monoisotopic (exact) mass is 307 g/mol. The molecule has 0 saturated heterocycles. The lowest BCUT2D eigenvalue weighted by Gasteiger charge is -2.28. The summed E-state index contributed by atoms with van der Waals surface area (Å²) in [5, 5.41) is 10.6. The third kappa shape index (κ3) is 5.18. The van der Waals surface area contributed by atoms with E-state index in [1.165, 1.54) is 32.1 Å². The zero-order valence-corrected chi connectivity index (χ0v) is 13.5. The minimum absolute atomic E-state index is 0.106. The molecule has 2 fully saturated rings. The maximum Gasteiger partial charge on any atom is 0.133 e. The Balaban J connectivity index is 1.79. The van der Waals surface area contributed by atoms with Crippen molar-refractivity contribution in [1.82, 2.24) is 0 Å². The number of thioether (sulfide) groups is 1. The van der Waals surface area contributed by atoms with Crippen LogP contribution in [0.4, 0.5) is 4.39 Å². The highest BCUT2D eigenvalue weighted by molar-refractivity contribution is 8.04.